The topological polar surface area (TPSA) is 124 Å². The molecule has 0 spiro atoms. The van der Waals surface area contributed by atoms with Gasteiger partial charge in [0.1, 0.15) is 17.7 Å². The Kier molecular flexibility index (Phi) is 10.2. The normalized spacial score (nSPS) is 16.4. The second kappa shape index (κ2) is 12.4. The van der Waals surface area contributed by atoms with Crippen molar-refractivity contribution < 1.29 is 24.5 Å². The lowest BCUT2D eigenvalue weighted by atomic mass is 9.92. The Morgan fingerprint density at radius 1 is 1.09 bits per heavy atom. The Morgan fingerprint density at radius 2 is 1.74 bits per heavy atom. The molecule has 2 aromatic rings. The summed E-state index contributed by atoms with van der Waals surface area (Å²) in [6.07, 6.45) is 0.348. The van der Waals surface area contributed by atoms with Gasteiger partial charge in [0.05, 0.1) is 12.1 Å². The van der Waals surface area contributed by atoms with E-state index in [0.29, 0.717) is 19.3 Å². The highest BCUT2D eigenvalue weighted by Crippen LogP contribution is 2.22. The number of H-pyrrole nitrogens is 1. The van der Waals surface area contributed by atoms with Crippen LogP contribution in [0, 0.1) is 11.8 Å². The van der Waals surface area contributed by atoms with Crippen molar-refractivity contribution in [2.45, 2.75) is 97.6 Å². The molecule has 2 amide bonds. The van der Waals surface area contributed by atoms with Crippen molar-refractivity contribution in [2.75, 3.05) is 0 Å². The molecular formula is C27H43N3O5. The number of rotatable bonds is 11. The third kappa shape index (κ3) is 8.54. The number of alkyl carbamates (subject to hydrolysis) is 1. The van der Waals surface area contributed by atoms with Crippen molar-refractivity contribution in [2.24, 2.45) is 11.8 Å². The molecule has 0 aliphatic rings. The molecule has 0 radical (unpaired) electrons. The minimum absolute atomic E-state index is 0.172. The zero-order chi connectivity index (χ0) is 26.3. The van der Waals surface area contributed by atoms with E-state index < -0.39 is 41.9 Å². The summed E-state index contributed by atoms with van der Waals surface area (Å²) < 4.78 is 5.36. The van der Waals surface area contributed by atoms with Gasteiger partial charge in [-0.15, -0.1) is 0 Å². The summed E-state index contributed by atoms with van der Waals surface area (Å²) in [7, 11) is 0. The molecule has 196 valence electrons. The number of nitrogens with one attached hydrogen (secondary N) is 3. The van der Waals surface area contributed by atoms with Gasteiger partial charge in [0.25, 0.3) is 0 Å². The van der Waals surface area contributed by atoms with Crippen LogP contribution < -0.4 is 10.6 Å². The number of hydrogen-bond donors (Lipinski definition) is 5. The van der Waals surface area contributed by atoms with Crippen molar-refractivity contribution >= 4 is 22.9 Å². The molecule has 0 saturated carbocycles. The molecule has 1 heterocycles. The number of amides is 2. The fraction of sp³-hybridized carbons (Fsp3) is 0.630. The van der Waals surface area contributed by atoms with E-state index in [4.69, 9.17) is 4.74 Å². The van der Waals surface area contributed by atoms with Crippen LogP contribution in [0.5, 0.6) is 0 Å². The van der Waals surface area contributed by atoms with E-state index >= 15 is 0 Å². The third-order valence-corrected chi connectivity index (χ3v) is 6.13. The molecule has 0 aliphatic carbocycles. The summed E-state index contributed by atoms with van der Waals surface area (Å²) in [4.78, 5) is 29.1. The summed E-state index contributed by atoms with van der Waals surface area (Å²) in [5.41, 5.74) is 1.17. The minimum Gasteiger partial charge on any atom is -0.444 e. The first-order valence-electron chi connectivity index (χ1n) is 12.5. The molecule has 2 rings (SSSR count). The van der Waals surface area contributed by atoms with Crippen molar-refractivity contribution in [1.82, 2.24) is 15.6 Å². The first kappa shape index (κ1) is 28.7. The van der Waals surface area contributed by atoms with Crippen LogP contribution in [0.25, 0.3) is 10.9 Å². The number of aliphatic hydroxyl groups is 2. The number of hydrogen-bond acceptors (Lipinski definition) is 5. The van der Waals surface area contributed by atoms with Crippen LogP contribution >= 0.6 is 0 Å². The first-order chi connectivity index (χ1) is 16.3. The van der Waals surface area contributed by atoms with E-state index in [1.165, 1.54) is 0 Å². The zero-order valence-corrected chi connectivity index (χ0v) is 22.1. The van der Waals surface area contributed by atoms with Gasteiger partial charge in [-0.25, -0.2) is 4.79 Å². The smallest absolute Gasteiger partial charge is 0.408 e. The van der Waals surface area contributed by atoms with E-state index in [2.05, 4.69) is 15.6 Å². The van der Waals surface area contributed by atoms with Crippen LogP contribution in [0.4, 0.5) is 4.79 Å². The number of carbonyl (C=O) groups excluding carboxylic acids is 2. The molecule has 0 aliphatic heterocycles. The van der Waals surface area contributed by atoms with Crippen molar-refractivity contribution in [3.63, 3.8) is 0 Å². The monoisotopic (exact) mass is 489 g/mol. The van der Waals surface area contributed by atoms with E-state index in [1.807, 2.05) is 58.2 Å². The van der Waals surface area contributed by atoms with E-state index in [-0.39, 0.29) is 11.8 Å². The maximum absolute atomic E-state index is 13.4. The number of fused-ring (bicyclic) bond motifs is 1. The Morgan fingerprint density at radius 3 is 2.34 bits per heavy atom. The van der Waals surface area contributed by atoms with Gasteiger partial charge in [-0.05, 0) is 57.1 Å². The van der Waals surface area contributed by atoms with Gasteiger partial charge in [0.15, 0.2) is 0 Å². The number of carbonyl (C=O) groups is 2. The number of aromatic amines is 1. The van der Waals surface area contributed by atoms with Crippen LogP contribution in [0.15, 0.2) is 30.5 Å². The van der Waals surface area contributed by atoms with Crippen molar-refractivity contribution in [3.8, 4) is 0 Å². The summed E-state index contributed by atoms with van der Waals surface area (Å²) >= 11 is 0. The predicted molar refractivity (Wildman–Crippen MR) is 138 cm³/mol. The molecular weight excluding hydrogens is 446 g/mol. The fourth-order valence-electron chi connectivity index (χ4n) is 4.09. The lowest BCUT2D eigenvalue weighted by Gasteiger charge is -2.32. The average Bonchev–Trinajstić information content (AvgIpc) is 3.17. The van der Waals surface area contributed by atoms with Crippen molar-refractivity contribution in [1.29, 1.82) is 0 Å². The molecule has 0 fully saturated rings. The van der Waals surface area contributed by atoms with Crippen LogP contribution in [-0.2, 0) is 16.0 Å². The summed E-state index contributed by atoms with van der Waals surface area (Å²) in [6.45, 7) is 13.0. The molecule has 5 N–H and O–H groups in total. The summed E-state index contributed by atoms with van der Waals surface area (Å²) in [6, 6.07) is 6.18. The molecule has 1 aromatic heterocycles. The first-order valence-corrected chi connectivity index (χ1v) is 12.5. The maximum Gasteiger partial charge on any atom is 0.408 e. The Hall–Kier alpha value is -2.58. The lowest BCUT2D eigenvalue weighted by molar-refractivity contribution is -0.126. The quantitative estimate of drug-likeness (QED) is 0.327. The number of para-hydroxylation sites is 1. The number of aromatic nitrogens is 1. The maximum atomic E-state index is 13.4. The number of benzene rings is 1. The molecule has 35 heavy (non-hydrogen) atoms. The number of ether oxygens (including phenoxy) is 1. The fourth-order valence-corrected chi connectivity index (χ4v) is 4.09. The second-order valence-electron chi connectivity index (χ2n) is 10.9. The highest BCUT2D eigenvalue weighted by Gasteiger charge is 2.34. The average molecular weight is 490 g/mol. The van der Waals surface area contributed by atoms with Crippen LogP contribution in [0.1, 0.15) is 66.9 Å². The zero-order valence-electron chi connectivity index (χ0n) is 22.1. The van der Waals surface area contributed by atoms with E-state index in [0.717, 1.165) is 16.5 Å². The largest absolute Gasteiger partial charge is 0.444 e. The standard InChI is InChI=1S/C27H43N3O5/c1-8-17(4)23(30-26(34)35-27(5,6)7)25(33)29-21(24(32)22(31)13-16(2)3)14-18-15-28-20-12-10-9-11-19(18)20/h9-12,15-17,21-24,28,31-32H,8,13-14H2,1-7H3,(H,29,33)(H,30,34)/t17?,21-,22-,23-,24+/m0/s1. The molecule has 8 heteroatoms. The molecule has 0 bridgehead atoms. The second-order valence-corrected chi connectivity index (χ2v) is 10.9. The SMILES string of the molecule is CCC(C)[C@H](NC(=O)OC(C)(C)C)C(=O)N[C@@H](Cc1c[nH]c2ccccc12)[C@@H](O)[C@@H](O)CC(C)C. The molecule has 8 nitrogen and oxygen atoms in total. The summed E-state index contributed by atoms with van der Waals surface area (Å²) in [5.74, 6) is -0.425. The van der Waals surface area contributed by atoms with Gasteiger partial charge < -0.3 is 30.6 Å². The van der Waals surface area contributed by atoms with Crippen LogP contribution in [0.3, 0.4) is 0 Å². The van der Waals surface area contributed by atoms with Crippen LogP contribution in [-0.4, -0.2) is 57.1 Å². The minimum atomic E-state index is -1.19. The van der Waals surface area contributed by atoms with Gasteiger partial charge in [0, 0.05) is 17.1 Å². The molecule has 1 unspecified atom stereocenters. The Bertz CT molecular complexity index is 965. The van der Waals surface area contributed by atoms with Gasteiger partial charge in [-0.2, -0.15) is 0 Å². The Balaban J connectivity index is 2.29. The van der Waals surface area contributed by atoms with Gasteiger partial charge in [-0.1, -0.05) is 52.3 Å². The molecule has 0 saturated heterocycles. The molecule has 1 aromatic carbocycles. The molecule has 5 atom stereocenters. The Labute approximate surface area is 208 Å². The van der Waals surface area contributed by atoms with E-state index in [9.17, 15) is 19.8 Å². The highest BCUT2D eigenvalue weighted by atomic mass is 16.6. The lowest BCUT2D eigenvalue weighted by Crippen LogP contribution is -2.57. The van der Waals surface area contributed by atoms with Crippen molar-refractivity contribution in [3.05, 3.63) is 36.0 Å². The van der Waals surface area contributed by atoms with Gasteiger partial charge in [-0.3, -0.25) is 4.79 Å². The van der Waals surface area contributed by atoms with Gasteiger partial charge >= 0.3 is 6.09 Å². The van der Waals surface area contributed by atoms with Crippen LogP contribution in [0.2, 0.25) is 0 Å². The van der Waals surface area contributed by atoms with Gasteiger partial charge in [0.2, 0.25) is 5.91 Å². The third-order valence-electron chi connectivity index (χ3n) is 6.13. The highest BCUT2D eigenvalue weighted by molar-refractivity contribution is 5.86. The summed E-state index contributed by atoms with van der Waals surface area (Å²) in [5, 5.41) is 28.4. The van der Waals surface area contributed by atoms with E-state index in [1.54, 1.807) is 20.8 Å². The number of aliphatic hydroxyl groups excluding tert-OH is 2. The predicted octanol–water partition coefficient (Wildman–Crippen LogP) is 3.90.